The standard InChI is InChI=1S/C11H16N4OS/c12-7-9-6-10(13)8-15-11(9)14-2-5-17-4-1-3-16/h6,8,16H,1-5,13H2,(H,14,15). The number of aliphatic hydroxyl groups excluding tert-OH is 1. The molecular weight excluding hydrogens is 236 g/mol. The van der Waals surface area contributed by atoms with E-state index in [1.807, 2.05) is 0 Å². The maximum Gasteiger partial charge on any atom is 0.144 e. The Bertz CT molecular complexity index is 392. The van der Waals surface area contributed by atoms with E-state index >= 15 is 0 Å². The van der Waals surface area contributed by atoms with Crippen LogP contribution >= 0.6 is 11.8 Å². The number of thioether (sulfide) groups is 1. The predicted molar refractivity (Wildman–Crippen MR) is 70.9 cm³/mol. The molecule has 5 nitrogen and oxygen atoms in total. The third-order valence-electron chi connectivity index (χ3n) is 2.01. The summed E-state index contributed by atoms with van der Waals surface area (Å²) in [6.45, 7) is 0.972. The van der Waals surface area contributed by atoms with Crippen molar-refractivity contribution < 1.29 is 5.11 Å². The molecule has 0 unspecified atom stereocenters. The number of nitrogen functional groups attached to an aromatic ring is 1. The number of hydrogen-bond acceptors (Lipinski definition) is 6. The molecule has 17 heavy (non-hydrogen) atoms. The molecule has 0 amide bonds. The summed E-state index contributed by atoms with van der Waals surface area (Å²) in [6.07, 6.45) is 2.34. The highest BCUT2D eigenvalue weighted by molar-refractivity contribution is 7.99. The number of nitrogens with one attached hydrogen (secondary N) is 1. The van der Waals surface area contributed by atoms with Crippen molar-refractivity contribution in [1.29, 1.82) is 5.26 Å². The lowest BCUT2D eigenvalue weighted by molar-refractivity contribution is 0.296. The van der Waals surface area contributed by atoms with Crippen LogP contribution in [0.3, 0.4) is 0 Å². The molecule has 0 aliphatic heterocycles. The van der Waals surface area contributed by atoms with Crippen molar-refractivity contribution in [3.8, 4) is 6.07 Å². The summed E-state index contributed by atoms with van der Waals surface area (Å²) in [6, 6.07) is 3.66. The van der Waals surface area contributed by atoms with E-state index in [4.69, 9.17) is 16.1 Å². The Morgan fingerprint density at radius 1 is 1.53 bits per heavy atom. The van der Waals surface area contributed by atoms with Crippen molar-refractivity contribution in [1.82, 2.24) is 4.98 Å². The van der Waals surface area contributed by atoms with Gasteiger partial charge in [-0.2, -0.15) is 17.0 Å². The average molecular weight is 252 g/mol. The fourth-order valence-corrected chi connectivity index (χ4v) is 2.00. The van der Waals surface area contributed by atoms with Gasteiger partial charge in [0.2, 0.25) is 0 Å². The minimum absolute atomic E-state index is 0.235. The van der Waals surface area contributed by atoms with E-state index in [1.165, 1.54) is 6.20 Å². The SMILES string of the molecule is N#Cc1cc(N)cnc1NCCSCCCO. The first-order valence-corrected chi connectivity index (χ1v) is 6.51. The molecule has 0 atom stereocenters. The number of rotatable bonds is 7. The molecule has 1 rings (SSSR count). The van der Waals surface area contributed by atoms with Crippen LogP contribution < -0.4 is 11.1 Å². The fraction of sp³-hybridized carbons (Fsp3) is 0.455. The van der Waals surface area contributed by atoms with E-state index in [0.29, 0.717) is 17.1 Å². The van der Waals surface area contributed by atoms with Gasteiger partial charge in [0.25, 0.3) is 0 Å². The van der Waals surface area contributed by atoms with Crippen molar-refractivity contribution in [3.63, 3.8) is 0 Å². The Balaban J connectivity index is 2.34. The molecule has 1 aromatic heterocycles. The van der Waals surface area contributed by atoms with E-state index in [0.717, 1.165) is 24.5 Å². The zero-order chi connectivity index (χ0) is 12.5. The van der Waals surface area contributed by atoms with Crippen molar-refractivity contribution in [2.75, 3.05) is 35.7 Å². The van der Waals surface area contributed by atoms with Gasteiger partial charge in [0.1, 0.15) is 11.9 Å². The molecule has 0 fully saturated rings. The van der Waals surface area contributed by atoms with E-state index in [-0.39, 0.29) is 6.61 Å². The first-order valence-electron chi connectivity index (χ1n) is 5.36. The van der Waals surface area contributed by atoms with Gasteiger partial charge in [-0.15, -0.1) is 0 Å². The highest BCUT2D eigenvalue weighted by atomic mass is 32.2. The number of nitriles is 1. The summed E-state index contributed by atoms with van der Waals surface area (Å²) in [5.74, 6) is 2.43. The molecule has 0 aliphatic rings. The highest BCUT2D eigenvalue weighted by Crippen LogP contribution is 2.14. The Hall–Kier alpha value is -1.45. The van der Waals surface area contributed by atoms with Gasteiger partial charge in [-0.1, -0.05) is 0 Å². The molecule has 0 spiro atoms. The van der Waals surface area contributed by atoms with Gasteiger partial charge in [0, 0.05) is 18.9 Å². The summed E-state index contributed by atoms with van der Waals surface area (Å²) in [5.41, 5.74) is 6.50. The van der Waals surface area contributed by atoms with Crippen LogP contribution in [-0.2, 0) is 0 Å². The van der Waals surface area contributed by atoms with Gasteiger partial charge in [0.15, 0.2) is 0 Å². The molecule has 0 aliphatic carbocycles. The van der Waals surface area contributed by atoms with Crippen LogP contribution in [0.25, 0.3) is 0 Å². The molecule has 6 heteroatoms. The van der Waals surface area contributed by atoms with Crippen LogP contribution in [0, 0.1) is 11.3 Å². The molecule has 0 radical (unpaired) electrons. The van der Waals surface area contributed by atoms with Crippen LogP contribution in [0.4, 0.5) is 11.5 Å². The fourth-order valence-electron chi connectivity index (χ4n) is 1.22. The van der Waals surface area contributed by atoms with Gasteiger partial charge < -0.3 is 16.2 Å². The number of aromatic nitrogens is 1. The van der Waals surface area contributed by atoms with E-state index in [1.54, 1.807) is 17.8 Å². The summed E-state index contributed by atoms with van der Waals surface area (Å²) in [5, 5.41) is 20.6. The molecule has 0 saturated carbocycles. The van der Waals surface area contributed by atoms with Crippen molar-refractivity contribution >= 4 is 23.3 Å². The zero-order valence-corrected chi connectivity index (χ0v) is 10.3. The first-order chi connectivity index (χ1) is 8.27. The summed E-state index contributed by atoms with van der Waals surface area (Å²) < 4.78 is 0. The summed E-state index contributed by atoms with van der Waals surface area (Å²) >= 11 is 1.76. The smallest absolute Gasteiger partial charge is 0.144 e. The maximum atomic E-state index is 8.90. The lowest BCUT2D eigenvalue weighted by Gasteiger charge is -2.07. The largest absolute Gasteiger partial charge is 0.397 e. The molecular formula is C11H16N4OS. The summed E-state index contributed by atoms with van der Waals surface area (Å²) in [4.78, 5) is 4.08. The molecule has 4 N–H and O–H groups in total. The predicted octanol–water partition coefficient (Wildman–Crippen LogP) is 1.06. The molecule has 1 heterocycles. The first kappa shape index (κ1) is 13.6. The monoisotopic (exact) mass is 252 g/mol. The molecule has 0 bridgehead atoms. The number of nitrogens with zero attached hydrogens (tertiary/aromatic N) is 2. The normalized spacial score (nSPS) is 9.88. The Morgan fingerprint density at radius 2 is 2.35 bits per heavy atom. The second-order valence-corrected chi connectivity index (χ2v) is 4.62. The number of pyridine rings is 1. The number of nitrogens with two attached hydrogens (primary N) is 1. The number of hydrogen-bond donors (Lipinski definition) is 3. The van der Waals surface area contributed by atoms with Crippen molar-refractivity contribution in [3.05, 3.63) is 17.8 Å². The van der Waals surface area contributed by atoms with Gasteiger partial charge in [-0.25, -0.2) is 4.98 Å². The molecule has 0 aromatic carbocycles. The molecule has 92 valence electrons. The number of anilines is 2. The molecule has 0 saturated heterocycles. The second kappa shape index (κ2) is 7.76. The third kappa shape index (κ3) is 4.93. The van der Waals surface area contributed by atoms with Crippen LogP contribution in [-0.4, -0.2) is 34.7 Å². The van der Waals surface area contributed by atoms with Gasteiger partial charge in [-0.3, -0.25) is 0 Å². The van der Waals surface area contributed by atoms with Crippen molar-refractivity contribution in [2.45, 2.75) is 6.42 Å². The Labute approximate surface area is 105 Å². The average Bonchev–Trinajstić information content (AvgIpc) is 2.35. The third-order valence-corrected chi connectivity index (χ3v) is 3.09. The van der Waals surface area contributed by atoms with E-state index in [9.17, 15) is 0 Å². The minimum atomic E-state index is 0.235. The lowest BCUT2D eigenvalue weighted by Crippen LogP contribution is -2.08. The quantitative estimate of drug-likeness (QED) is 0.628. The van der Waals surface area contributed by atoms with Crippen LogP contribution in [0.2, 0.25) is 0 Å². The maximum absolute atomic E-state index is 8.90. The van der Waals surface area contributed by atoms with Gasteiger partial charge in [-0.05, 0) is 18.2 Å². The van der Waals surface area contributed by atoms with Crippen LogP contribution in [0.5, 0.6) is 0 Å². The highest BCUT2D eigenvalue weighted by Gasteiger charge is 2.02. The van der Waals surface area contributed by atoms with Gasteiger partial charge in [0.05, 0.1) is 17.4 Å². The lowest BCUT2D eigenvalue weighted by atomic mass is 10.2. The van der Waals surface area contributed by atoms with Crippen molar-refractivity contribution in [2.24, 2.45) is 0 Å². The summed E-state index contributed by atoms with van der Waals surface area (Å²) in [7, 11) is 0. The van der Waals surface area contributed by atoms with Gasteiger partial charge >= 0.3 is 0 Å². The van der Waals surface area contributed by atoms with Crippen LogP contribution in [0.1, 0.15) is 12.0 Å². The second-order valence-electron chi connectivity index (χ2n) is 3.39. The zero-order valence-electron chi connectivity index (χ0n) is 9.52. The molecule has 1 aromatic rings. The number of aliphatic hydroxyl groups is 1. The Kier molecular flexibility index (Phi) is 6.22. The van der Waals surface area contributed by atoms with E-state index < -0.39 is 0 Å². The van der Waals surface area contributed by atoms with E-state index in [2.05, 4.69) is 16.4 Å². The minimum Gasteiger partial charge on any atom is -0.397 e. The van der Waals surface area contributed by atoms with Crippen LogP contribution in [0.15, 0.2) is 12.3 Å². The topological polar surface area (TPSA) is 95.0 Å². The Morgan fingerprint density at radius 3 is 3.06 bits per heavy atom.